The molecule has 0 spiro atoms. The second-order valence-corrected chi connectivity index (χ2v) is 7.13. The van der Waals surface area contributed by atoms with E-state index in [2.05, 4.69) is 15.6 Å². The molecule has 0 saturated heterocycles. The molecule has 0 amide bonds. The predicted molar refractivity (Wildman–Crippen MR) is 116 cm³/mol. The lowest BCUT2D eigenvalue weighted by molar-refractivity contribution is 0.300. The summed E-state index contributed by atoms with van der Waals surface area (Å²) in [5.74, 6) is 0.388. The number of aryl methyl sites for hydroxylation is 1. The van der Waals surface area contributed by atoms with E-state index < -0.39 is 5.82 Å². The average Bonchev–Trinajstić information content (AvgIpc) is 2.65. The van der Waals surface area contributed by atoms with E-state index >= 15 is 0 Å². The second kappa shape index (κ2) is 9.19. The fraction of sp³-hybridized carbons (Fsp3) is 0.100. The largest absolute Gasteiger partial charge is 0.485 e. The summed E-state index contributed by atoms with van der Waals surface area (Å²) in [5.41, 5.74) is 2.04. The van der Waals surface area contributed by atoms with Gasteiger partial charge >= 0.3 is 0 Å². The highest BCUT2D eigenvalue weighted by molar-refractivity contribution is 7.80. The lowest BCUT2D eigenvalue weighted by atomic mass is 10.2. The zero-order valence-corrected chi connectivity index (χ0v) is 17.1. The number of ether oxygens (including phenoxy) is 1. The Morgan fingerprint density at radius 1 is 1.14 bits per heavy atom. The molecule has 28 heavy (non-hydrogen) atoms. The molecule has 2 N–H and O–H groups in total. The molecule has 0 saturated carbocycles. The molecule has 1 aromatic heterocycles. The summed E-state index contributed by atoms with van der Waals surface area (Å²) >= 11 is 17.4. The van der Waals surface area contributed by atoms with Crippen LogP contribution in [0.25, 0.3) is 0 Å². The van der Waals surface area contributed by atoms with Crippen molar-refractivity contribution in [3.63, 3.8) is 0 Å². The van der Waals surface area contributed by atoms with Crippen LogP contribution in [0.4, 0.5) is 15.9 Å². The Morgan fingerprint density at radius 2 is 1.96 bits per heavy atom. The van der Waals surface area contributed by atoms with E-state index in [-0.39, 0.29) is 12.2 Å². The first kappa shape index (κ1) is 20.3. The lowest BCUT2D eigenvalue weighted by Crippen LogP contribution is -2.20. The molecule has 0 bridgehead atoms. The van der Waals surface area contributed by atoms with Crippen LogP contribution in [0.5, 0.6) is 5.75 Å². The van der Waals surface area contributed by atoms with Crippen molar-refractivity contribution < 1.29 is 9.13 Å². The number of nitrogens with zero attached hydrogens (tertiary/aromatic N) is 1. The van der Waals surface area contributed by atoms with E-state index in [1.54, 1.807) is 36.5 Å². The van der Waals surface area contributed by atoms with Crippen LogP contribution in [0.2, 0.25) is 10.0 Å². The van der Waals surface area contributed by atoms with Crippen LogP contribution in [0, 0.1) is 12.7 Å². The van der Waals surface area contributed by atoms with E-state index in [9.17, 15) is 4.39 Å². The number of thiocarbonyl (C=S) groups is 1. The Morgan fingerprint density at radius 3 is 2.71 bits per heavy atom. The summed E-state index contributed by atoms with van der Waals surface area (Å²) in [7, 11) is 0. The number of rotatable bonds is 5. The summed E-state index contributed by atoms with van der Waals surface area (Å²) in [6.45, 7) is 1.88. The van der Waals surface area contributed by atoms with Gasteiger partial charge in [-0.1, -0.05) is 29.3 Å². The molecule has 144 valence electrons. The predicted octanol–water partition coefficient (Wildman–Crippen LogP) is 6.22. The fourth-order valence-corrected chi connectivity index (χ4v) is 3.10. The number of hydrogen-bond donors (Lipinski definition) is 2. The molecule has 0 aliphatic carbocycles. The highest BCUT2D eigenvalue weighted by atomic mass is 35.5. The van der Waals surface area contributed by atoms with Gasteiger partial charge in [0.25, 0.3) is 0 Å². The highest BCUT2D eigenvalue weighted by Crippen LogP contribution is 2.26. The molecule has 2 aromatic carbocycles. The molecule has 3 aromatic rings. The Hall–Kier alpha value is -2.41. The smallest absolute Gasteiger partial charge is 0.176 e. The van der Waals surface area contributed by atoms with Crippen LogP contribution in [0.15, 0.2) is 54.7 Å². The third kappa shape index (κ3) is 5.10. The summed E-state index contributed by atoms with van der Waals surface area (Å²) in [4.78, 5) is 4.24. The van der Waals surface area contributed by atoms with Crippen molar-refractivity contribution in [2.24, 2.45) is 0 Å². The second-order valence-electron chi connectivity index (χ2n) is 5.88. The summed E-state index contributed by atoms with van der Waals surface area (Å²) in [6.07, 6.45) is 1.60. The van der Waals surface area contributed by atoms with Crippen molar-refractivity contribution in [1.29, 1.82) is 0 Å². The van der Waals surface area contributed by atoms with Gasteiger partial charge in [-0.25, -0.2) is 9.37 Å². The van der Waals surface area contributed by atoms with E-state index in [4.69, 9.17) is 40.2 Å². The van der Waals surface area contributed by atoms with Gasteiger partial charge in [-0.15, -0.1) is 0 Å². The van der Waals surface area contributed by atoms with Crippen molar-refractivity contribution in [3.05, 3.63) is 81.7 Å². The molecule has 1 heterocycles. The van der Waals surface area contributed by atoms with Crippen LogP contribution >= 0.6 is 35.4 Å². The monoisotopic (exact) mass is 435 g/mol. The van der Waals surface area contributed by atoms with Crippen molar-refractivity contribution in [2.75, 3.05) is 10.6 Å². The number of nitrogens with one attached hydrogen (secondary N) is 2. The number of hydrogen-bond acceptors (Lipinski definition) is 3. The Labute approximate surface area is 177 Å². The number of anilines is 2. The summed E-state index contributed by atoms with van der Waals surface area (Å²) in [6, 6.07) is 13.3. The van der Waals surface area contributed by atoms with Gasteiger partial charge in [0, 0.05) is 22.5 Å². The number of aromatic nitrogens is 1. The highest BCUT2D eigenvalue weighted by Gasteiger charge is 2.11. The maximum Gasteiger partial charge on any atom is 0.176 e. The molecule has 3 rings (SSSR count). The van der Waals surface area contributed by atoms with Crippen molar-refractivity contribution >= 4 is 52.0 Å². The van der Waals surface area contributed by atoms with Gasteiger partial charge in [0.15, 0.2) is 16.7 Å². The van der Waals surface area contributed by atoms with Gasteiger partial charge in [-0.05, 0) is 67.2 Å². The van der Waals surface area contributed by atoms with Crippen LogP contribution in [-0.2, 0) is 6.61 Å². The maximum atomic E-state index is 13.9. The first-order valence-electron chi connectivity index (χ1n) is 8.29. The molecule has 0 unspecified atom stereocenters. The Balaban J connectivity index is 1.70. The zero-order valence-electron chi connectivity index (χ0n) is 14.8. The molecule has 0 atom stereocenters. The fourth-order valence-electron chi connectivity index (χ4n) is 2.45. The summed E-state index contributed by atoms with van der Waals surface area (Å²) in [5, 5.41) is 7.36. The van der Waals surface area contributed by atoms with Crippen molar-refractivity contribution in [1.82, 2.24) is 4.98 Å². The molecular weight excluding hydrogens is 420 g/mol. The average molecular weight is 436 g/mol. The minimum absolute atomic E-state index is 0.0393. The van der Waals surface area contributed by atoms with Gasteiger partial charge in [0.1, 0.15) is 12.4 Å². The Kier molecular flexibility index (Phi) is 6.67. The molecular formula is C20H16Cl2FN3OS. The third-order valence-corrected chi connectivity index (χ3v) is 4.67. The molecule has 0 aliphatic rings. The quantitative estimate of drug-likeness (QED) is 0.465. The van der Waals surface area contributed by atoms with Crippen molar-refractivity contribution in [3.8, 4) is 5.75 Å². The zero-order chi connectivity index (χ0) is 20.1. The molecule has 4 nitrogen and oxygen atoms in total. The molecule has 8 heteroatoms. The summed E-state index contributed by atoms with van der Waals surface area (Å²) < 4.78 is 19.7. The molecule has 0 aliphatic heterocycles. The van der Waals surface area contributed by atoms with E-state index in [0.717, 1.165) is 11.3 Å². The van der Waals surface area contributed by atoms with E-state index in [0.29, 0.717) is 26.7 Å². The van der Waals surface area contributed by atoms with E-state index in [1.165, 1.54) is 6.07 Å². The van der Waals surface area contributed by atoms with Crippen LogP contribution in [0.1, 0.15) is 11.1 Å². The first-order chi connectivity index (χ1) is 13.4. The standard InChI is InChI=1S/C20H16Cl2FN3OS/c1-12-10-13(21)7-8-17(12)25-20(28)26-19-18(6-3-9-24-19)27-11-14-15(22)4-2-5-16(14)23/h2-10H,11H2,1H3,(H2,24,25,26,28). The van der Waals surface area contributed by atoms with E-state index in [1.807, 2.05) is 19.1 Å². The molecule has 0 radical (unpaired) electrons. The van der Waals surface area contributed by atoms with Gasteiger partial charge < -0.3 is 15.4 Å². The normalized spacial score (nSPS) is 10.4. The number of pyridine rings is 1. The molecule has 0 fully saturated rings. The van der Waals surface area contributed by atoms with Gasteiger partial charge in [-0.3, -0.25) is 0 Å². The maximum absolute atomic E-state index is 13.9. The Bertz CT molecular complexity index is 996. The number of halogens is 3. The van der Waals surface area contributed by atoms with Gasteiger partial charge in [0.2, 0.25) is 0 Å². The third-order valence-electron chi connectivity index (χ3n) is 3.87. The number of benzene rings is 2. The van der Waals surface area contributed by atoms with Crippen LogP contribution in [0.3, 0.4) is 0 Å². The first-order valence-corrected chi connectivity index (χ1v) is 9.45. The minimum atomic E-state index is -0.429. The van der Waals surface area contributed by atoms with Crippen LogP contribution < -0.4 is 15.4 Å². The SMILES string of the molecule is Cc1cc(Cl)ccc1NC(=S)Nc1ncccc1OCc1c(F)cccc1Cl. The lowest BCUT2D eigenvalue weighted by Gasteiger charge is -2.15. The van der Waals surface area contributed by atoms with Crippen LogP contribution in [-0.4, -0.2) is 10.1 Å². The topological polar surface area (TPSA) is 46.2 Å². The van der Waals surface area contributed by atoms with Gasteiger partial charge in [-0.2, -0.15) is 0 Å². The minimum Gasteiger partial charge on any atom is -0.485 e. The van der Waals surface area contributed by atoms with Crippen molar-refractivity contribution in [2.45, 2.75) is 13.5 Å². The van der Waals surface area contributed by atoms with Gasteiger partial charge in [0.05, 0.1) is 5.02 Å².